The highest BCUT2D eigenvalue weighted by atomic mass is 35.5. The Labute approximate surface area is 136 Å². The fraction of sp³-hybridized carbons (Fsp3) is 0.467. The summed E-state index contributed by atoms with van der Waals surface area (Å²) in [6, 6.07) is 3.45. The van der Waals surface area contributed by atoms with Crippen LogP contribution in [0, 0.1) is 0 Å². The van der Waals surface area contributed by atoms with Crippen molar-refractivity contribution in [1.29, 1.82) is 0 Å². The Kier molecular flexibility index (Phi) is 5.19. The summed E-state index contributed by atoms with van der Waals surface area (Å²) in [5, 5.41) is 2.33. The number of alkyl halides is 3. The van der Waals surface area contributed by atoms with Crippen molar-refractivity contribution < 1.29 is 22.8 Å². The van der Waals surface area contributed by atoms with Gasteiger partial charge in [0.2, 0.25) is 11.8 Å². The molecule has 1 aliphatic carbocycles. The number of hydrogen-bond acceptors (Lipinski definition) is 2. The smallest absolute Gasteiger partial charge is 0.353 e. The number of nitrogens with one attached hydrogen (secondary N) is 1. The summed E-state index contributed by atoms with van der Waals surface area (Å²) in [7, 11) is 0. The van der Waals surface area contributed by atoms with Crippen molar-refractivity contribution in [3.05, 3.63) is 28.8 Å². The monoisotopic (exact) mass is 348 g/mol. The molecule has 1 N–H and O–H groups in total. The number of anilines is 1. The van der Waals surface area contributed by atoms with E-state index in [1.807, 2.05) is 0 Å². The molecule has 1 fully saturated rings. The molecule has 0 atom stereocenters. The molecule has 1 aromatic carbocycles. The number of nitrogens with zero attached hydrogens (tertiary/aromatic N) is 1. The van der Waals surface area contributed by atoms with Crippen molar-refractivity contribution in [2.24, 2.45) is 0 Å². The Morgan fingerprint density at radius 3 is 2.52 bits per heavy atom. The summed E-state index contributed by atoms with van der Waals surface area (Å²) in [6.45, 7) is 1.24. The van der Waals surface area contributed by atoms with Crippen LogP contribution in [0.3, 0.4) is 0 Å². The number of rotatable bonds is 5. The molecule has 0 heterocycles. The van der Waals surface area contributed by atoms with Gasteiger partial charge in [0.15, 0.2) is 0 Å². The van der Waals surface area contributed by atoms with Gasteiger partial charge in [-0.1, -0.05) is 11.6 Å². The van der Waals surface area contributed by atoms with E-state index in [4.69, 9.17) is 11.6 Å². The molecular weight excluding hydrogens is 333 g/mol. The molecule has 23 heavy (non-hydrogen) atoms. The number of benzene rings is 1. The molecule has 0 unspecified atom stereocenters. The molecule has 2 amide bonds. The minimum Gasteiger partial charge on any atom is -0.353 e. The minimum absolute atomic E-state index is 0.00676. The van der Waals surface area contributed by atoms with Gasteiger partial charge in [-0.15, -0.1) is 0 Å². The van der Waals surface area contributed by atoms with Gasteiger partial charge in [0.25, 0.3) is 0 Å². The maximum absolute atomic E-state index is 12.9. The lowest BCUT2D eigenvalue weighted by atomic mass is 10.1. The number of carbonyl (C=O) groups is 2. The van der Waals surface area contributed by atoms with E-state index in [1.165, 1.54) is 13.0 Å². The average Bonchev–Trinajstić information content (AvgIpc) is 3.22. The Morgan fingerprint density at radius 2 is 2.00 bits per heavy atom. The van der Waals surface area contributed by atoms with Crippen LogP contribution >= 0.6 is 11.6 Å². The second kappa shape index (κ2) is 6.78. The Balaban J connectivity index is 2.13. The molecule has 8 heteroatoms. The Hall–Kier alpha value is -1.76. The van der Waals surface area contributed by atoms with Crippen LogP contribution in [-0.2, 0) is 15.8 Å². The standard InChI is InChI=1S/C15H16ClF3N2O2/c1-9(22)21(7-6-14(23)20-10-2-3-10)11-4-5-13(16)12(8-11)15(17,18)19/h4-5,8,10H,2-3,6-7H2,1H3,(H,20,23). The van der Waals surface area contributed by atoms with Crippen molar-refractivity contribution in [2.45, 2.75) is 38.4 Å². The highest BCUT2D eigenvalue weighted by Crippen LogP contribution is 2.37. The lowest BCUT2D eigenvalue weighted by Gasteiger charge is -2.22. The lowest BCUT2D eigenvalue weighted by molar-refractivity contribution is -0.137. The van der Waals surface area contributed by atoms with Crippen LogP contribution in [0.5, 0.6) is 0 Å². The fourth-order valence-corrected chi connectivity index (χ4v) is 2.33. The van der Waals surface area contributed by atoms with Gasteiger partial charge in [0.1, 0.15) is 0 Å². The summed E-state index contributed by atoms with van der Waals surface area (Å²) < 4.78 is 38.7. The summed E-state index contributed by atoms with van der Waals surface area (Å²) in [5.74, 6) is -0.663. The third kappa shape index (κ3) is 4.86. The molecule has 1 aromatic rings. The van der Waals surface area contributed by atoms with Crippen LogP contribution in [0.1, 0.15) is 31.7 Å². The number of hydrogen-bond donors (Lipinski definition) is 1. The fourth-order valence-electron chi connectivity index (χ4n) is 2.11. The average molecular weight is 349 g/mol. The second-order valence-corrected chi connectivity index (χ2v) is 5.83. The summed E-state index contributed by atoms with van der Waals surface area (Å²) in [5.41, 5.74) is -0.946. The highest BCUT2D eigenvalue weighted by Gasteiger charge is 2.34. The van der Waals surface area contributed by atoms with E-state index in [9.17, 15) is 22.8 Å². The zero-order valence-electron chi connectivity index (χ0n) is 12.4. The number of carbonyl (C=O) groups excluding carboxylic acids is 2. The van der Waals surface area contributed by atoms with Crippen LogP contribution in [-0.4, -0.2) is 24.4 Å². The first kappa shape index (κ1) is 17.6. The summed E-state index contributed by atoms with van der Waals surface area (Å²) in [4.78, 5) is 24.5. The second-order valence-electron chi connectivity index (χ2n) is 5.42. The molecule has 2 rings (SSSR count). The first-order valence-electron chi connectivity index (χ1n) is 7.12. The van der Waals surface area contributed by atoms with Gasteiger partial charge in [-0.2, -0.15) is 13.2 Å². The maximum Gasteiger partial charge on any atom is 0.417 e. The van der Waals surface area contributed by atoms with E-state index in [2.05, 4.69) is 5.32 Å². The van der Waals surface area contributed by atoms with Crippen molar-refractivity contribution in [1.82, 2.24) is 5.32 Å². The molecule has 0 spiro atoms. The van der Waals surface area contributed by atoms with E-state index < -0.39 is 22.7 Å². The van der Waals surface area contributed by atoms with Crippen LogP contribution in [0.15, 0.2) is 18.2 Å². The van der Waals surface area contributed by atoms with E-state index in [0.29, 0.717) is 0 Å². The molecule has 1 saturated carbocycles. The highest BCUT2D eigenvalue weighted by molar-refractivity contribution is 6.31. The molecular formula is C15H16ClF3N2O2. The third-order valence-corrected chi connectivity index (χ3v) is 3.78. The Bertz CT molecular complexity index is 615. The minimum atomic E-state index is -4.61. The van der Waals surface area contributed by atoms with Crippen LogP contribution in [0.25, 0.3) is 0 Å². The SMILES string of the molecule is CC(=O)N(CCC(=O)NC1CC1)c1ccc(Cl)c(C(F)(F)F)c1. The largest absolute Gasteiger partial charge is 0.417 e. The first-order valence-corrected chi connectivity index (χ1v) is 7.50. The van der Waals surface area contributed by atoms with Crippen molar-refractivity contribution in [2.75, 3.05) is 11.4 Å². The Morgan fingerprint density at radius 1 is 1.35 bits per heavy atom. The van der Waals surface area contributed by atoms with E-state index in [1.54, 1.807) is 0 Å². The molecule has 1 aliphatic rings. The van der Waals surface area contributed by atoms with E-state index in [0.717, 1.165) is 29.9 Å². The van der Waals surface area contributed by atoms with Gasteiger partial charge in [-0.25, -0.2) is 0 Å². The normalized spacial score (nSPS) is 14.5. The van der Waals surface area contributed by atoms with Crippen molar-refractivity contribution >= 4 is 29.1 Å². The maximum atomic E-state index is 12.9. The zero-order valence-corrected chi connectivity index (χ0v) is 13.2. The van der Waals surface area contributed by atoms with E-state index >= 15 is 0 Å². The number of halogens is 4. The third-order valence-electron chi connectivity index (χ3n) is 3.45. The van der Waals surface area contributed by atoms with Crippen LogP contribution in [0.4, 0.5) is 18.9 Å². The molecule has 0 aromatic heterocycles. The van der Waals surface area contributed by atoms with Crippen molar-refractivity contribution in [3.63, 3.8) is 0 Å². The lowest BCUT2D eigenvalue weighted by Crippen LogP contribution is -2.34. The van der Waals surface area contributed by atoms with Gasteiger partial charge >= 0.3 is 6.18 Å². The summed E-state index contributed by atoms with van der Waals surface area (Å²) in [6.07, 6.45) is -2.71. The predicted octanol–water partition coefficient (Wildman–Crippen LogP) is 3.38. The van der Waals surface area contributed by atoms with Gasteiger partial charge in [0.05, 0.1) is 10.6 Å². The molecule has 126 valence electrons. The predicted molar refractivity (Wildman–Crippen MR) is 80.3 cm³/mol. The summed E-state index contributed by atoms with van der Waals surface area (Å²) >= 11 is 5.57. The van der Waals surface area contributed by atoms with Gasteiger partial charge in [-0.05, 0) is 31.0 Å². The molecule has 0 saturated heterocycles. The zero-order chi connectivity index (χ0) is 17.2. The van der Waals surface area contributed by atoms with Crippen LogP contribution < -0.4 is 10.2 Å². The topological polar surface area (TPSA) is 49.4 Å². The molecule has 0 radical (unpaired) electrons. The quantitative estimate of drug-likeness (QED) is 0.886. The molecule has 4 nitrogen and oxygen atoms in total. The van der Waals surface area contributed by atoms with Crippen LogP contribution in [0.2, 0.25) is 5.02 Å². The molecule has 0 bridgehead atoms. The van der Waals surface area contributed by atoms with Gasteiger partial charge < -0.3 is 10.2 Å². The van der Waals surface area contributed by atoms with Gasteiger partial charge in [-0.3, -0.25) is 9.59 Å². The van der Waals surface area contributed by atoms with E-state index in [-0.39, 0.29) is 30.6 Å². The first-order chi connectivity index (χ1) is 10.7. The van der Waals surface area contributed by atoms with Crippen molar-refractivity contribution in [3.8, 4) is 0 Å². The molecule has 0 aliphatic heterocycles. The number of amides is 2. The van der Waals surface area contributed by atoms with Gasteiger partial charge in [0, 0.05) is 31.6 Å².